The second-order valence-corrected chi connectivity index (χ2v) is 8.96. The first-order valence-corrected chi connectivity index (χ1v) is 12.1. The van der Waals surface area contributed by atoms with Gasteiger partial charge in [-0.2, -0.15) is 4.37 Å². The van der Waals surface area contributed by atoms with Gasteiger partial charge in [0, 0.05) is 6.54 Å². The number of primary amides is 1. The minimum Gasteiger partial charge on any atom is -0.497 e. The Morgan fingerprint density at radius 2 is 1.84 bits per heavy atom. The first kappa shape index (κ1) is 26.4. The highest BCUT2D eigenvalue weighted by Crippen LogP contribution is 2.35. The second-order valence-electron chi connectivity index (χ2n) is 8.18. The number of nitrogen functional groups attached to an aromatic ring is 1. The van der Waals surface area contributed by atoms with Crippen LogP contribution in [0.4, 0.5) is 15.8 Å². The molecule has 4 rings (SSSR count). The van der Waals surface area contributed by atoms with Gasteiger partial charge in [0.2, 0.25) is 0 Å². The SMILES string of the molecule is COc1ccc(CNC(=O)[C@@H](c2ccc(C)o2)N(C(=O)c2snc(C(N)=O)c2N)c2ccccc2F)cc1. The fraction of sp³-hybridized carbons (Fsp3) is 0.154. The van der Waals surface area contributed by atoms with Crippen LogP contribution in [0.15, 0.2) is 65.1 Å². The standard InChI is InChI=1S/C26H24FN5O5S/c1-14-7-12-19(37-14)22(25(34)30-13-15-8-10-16(36-2)11-9-15)32(18-6-4-3-5-17(18)27)26(35)23-20(28)21(24(29)33)31-38-23/h3-12,22H,13,28H2,1-2H3,(H2,29,33)(H,30,34)/t22-/m1/s1. The van der Waals surface area contributed by atoms with E-state index in [9.17, 15) is 14.4 Å². The molecule has 196 valence electrons. The molecule has 2 aromatic carbocycles. The molecule has 1 atom stereocenters. The van der Waals surface area contributed by atoms with E-state index in [1.165, 1.54) is 24.3 Å². The van der Waals surface area contributed by atoms with Crippen molar-refractivity contribution in [2.75, 3.05) is 17.7 Å². The highest BCUT2D eigenvalue weighted by atomic mass is 32.1. The largest absolute Gasteiger partial charge is 0.497 e. The van der Waals surface area contributed by atoms with Crippen molar-refractivity contribution in [3.8, 4) is 5.75 Å². The van der Waals surface area contributed by atoms with Gasteiger partial charge in [-0.25, -0.2) is 4.39 Å². The van der Waals surface area contributed by atoms with Gasteiger partial charge in [0.05, 0.1) is 18.5 Å². The maximum absolute atomic E-state index is 15.1. The summed E-state index contributed by atoms with van der Waals surface area (Å²) in [6.07, 6.45) is 0. The number of methoxy groups -OCH3 is 1. The van der Waals surface area contributed by atoms with E-state index in [0.717, 1.165) is 16.5 Å². The lowest BCUT2D eigenvalue weighted by Crippen LogP contribution is -2.44. The summed E-state index contributed by atoms with van der Waals surface area (Å²) in [5, 5.41) is 2.78. The van der Waals surface area contributed by atoms with Crippen LogP contribution in [0.25, 0.3) is 0 Å². The summed E-state index contributed by atoms with van der Waals surface area (Å²) in [4.78, 5) is 40.0. The van der Waals surface area contributed by atoms with Crippen LogP contribution in [0.1, 0.15) is 43.3 Å². The molecule has 0 bridgehead atoms. The predicted molar refractivity (Wildman–Crippen MR) is 139 cm³/mol. The molecule has 12 heteroatoms. The van der Waals surface area contributed by atoms with Crippen molar-refractivity contribution in [3.63, 3.8) is 0 Å². The number of para-hydroxylation sites is 1. The number of benzene rings is 2. The number of hydrogen-bond donors (Lipinski definition) is 3. The summed E-state index contributed by atoms with van der Waals surface area (Å²) in [5.74, 6) is -1.99. The van der Waals surface area contributed by atoms with Crippen LogP contribution in [0.5, 0.6) is 5.75 Å². The van der Waals surface area contributed by atoms with Crippen molar-refractivity contribution in [2.24, 2.45) is 5.73 Å². The van der Waals surface area contributed by atoms with Crippen LogP contribution >= 0.6 is 11.5 Å². The Kier molecular flexibility index (Phi) is 7.72. The van der Waals surface area contributed by atoms with E-state index in [2.05, 4.69) is 9.69 Å². The number of rotatable bonds is 9. The molecule has 0 aliphatic rings. The van der Waals surface area contributed by atoms with Crippen LogP contribution in [-0.2, 0) is 11.3 Å². The van der Waals surface area contributed by atoms with E-state index in [1.54, 1.807) is 44.4 Å². The van der Waals surface area contributed by atoms with Gasteiger partial charge in [-0.3, -0.25) is 19.3 Å². The Morgan fingerprint density at radius 1 is 1.13 bits per heavy atom. The number of carbonyl (C=O) groups excluding carboxylic acids is 3. The summed E-state index contributed by atoms with van der Waals surface area (Å²) < 4.78 is 29.9. The highest BCUT2D eigenvalue weighted by molar-refractivity contribution is 7.09. The number of nitrogens with one attached hydrogen (secondary N) is 1. The molecule has 0 aliphatic heterocycles. The van der Waals surface area contributed by atoms with Gasteiger partial charge >= 0.3 is 0 Å². The molecular weight excluding hydrogens is 513 g/mol. The summed E-state index contributed by atoms with van der Waals surface area (Å²) in [7, 11) is 1.54. The smallest absolute Gasteiger partial charge is 0.273 e. The lowest BCUT2D eigenvalue weighted by atomic mass is 10.1. The summed E-state index contributed by atoms with van der Waals surface area (Å²) in [6.45, 7) is 1.78. The average Bonchev–Trinajstić information content (AvgIpc) is 3.51. The third kappa shape index (κ3) is 5.34. The van der Waals surface area contributed by atoms with E-state index < -0.39 is 29.6 Å². The van der Waals surface area contributed by atoms with Crippen LogP contribution < -0.4 is 26.4 Å². The minimum atomic E-state index is -1.44. The van der Waals surface area contributed by atoms with Crippen LogP contribution in [0.2, 0.25) is 0 Å². The molecular formula is C26H24FN5O5S. The number of furan rings is 1. The van der Waals surface area contributed by atoms with Crippen LogP contribution in [0.3, 0.4) is 0 Å². The van der Waals surface area contributed by atoms with Gasteiger partial charge < -0.3 is 25.9 Å². The van der Waals surface area contributed by atoms with E-state index in [4.69, 9.17) is 20.6 Å². The van der Waals surface area contributed by atoms with Crippen molar-refractivity contribution >= 4 is 40.6 Å². The molecule has 0 fully saturated rings. The number of halogens is 1. The first-order chi connectivity index (χ1) is 18.2. The quantitative estimate of drug-likeness (QED) is 0.295. The molecule has 10 nitrogen and oxygen atoms in total. The van der Waals surface area contributed by atoms with Gasteiger partial charge in [-0.1, -0.05) is 24.3 Å². The first-order valence-electron chi connectivity index (χ1n) is 11.3. The third-order valence-electron chi connectivity index (χ3n) is 5.65. The average molecular weight is 538 g/mol. The molecule has 0 unspecified atom stereocenters. The van der Waals surface area contributed by atoms with E-state index >= 15 is 4.39 Å². The van der Waals surface area contributed by atoms with Gasteiger partial charge in [-0.15, -0.1) is 0 Å². The summed E-state index contributed by atoms with van der Waals surface area (Å²) in [6, 6.07) is 14.2. The molecule has 5 N–H and O–H groups in total. The van der Waals surface area contributed by atoms with Crippen molar-refractivity contribution in [1.82, 2.24) is 9.69 Å². The third-order valence-corrected chi connectivity index (χ3v) is 6.50. The van der Waals surface area contributed by atoms with Gasteiger partial charge in [0.1, 0.15) is 28.0 Å². The second kappa shape index (κ2) is 11.1. The minimum absolute atomic E-state index is 0.0875. The number of aryl methyl sites for hydroxylation is 1. The lowest BCUT2D eigenvalue weighted by Gasteiger charge is -2.30. The number of nitrogens with zero attached hydrogens (tertiary/aromatic N) is 2. The number of carbonyl (C=O) groups is 3. The van der Waals surface area contributed by atoms with Gasteiger partial charge in [0.15, 0.2) is 11.7 Å². The Balaban J connectivity index is 1.78. The number of aromatic nitrogens is 1. The van der Waals surface area contributed by atoms with E-state index in [-0.39, 0.29) is 34.3 Å². The molecule has 38 heavy (non-hydrogen) atoms. The summed E-state index contributed by atoms with van der Waals surface area (Å²) in [5.41, 5.74) is 11.3. The van der Waals surface area contributed by atoms with Crippen molar-refractivity contribution in [1.29, 1.82) is 0 Å². The molecule has 0 saturated heterocycles. The van der Waals surface area contributed by atoms with Gasteiger partial charge in [-0.05, 0) is 60.4 Å². The van der Waals surface area contributed by atoms with Crippen LogP contribution in [0, 0.1) is 12.7 Å². The Labute approximate surface area is 221 Å². The zero-order valence-electron chi connectivity index (χ0n) is 20.4. The van der Waals surface area contributed by atoms with E-state index in [1.807, 2.05) is 0 Å². The number of ether oxygens (including phenoxy) is 1. The maximum atomic E-state index is 15.1. The molecule has 2 aromatic heterocycles. The monoisotopic (exact) mass is 537 g/mol. The topological polar surface area (TPSA) is 154 Å². The number of hydrogen-bond acceptors (Lipinski definition) is 8. The Morgan fingerprint density at radius 3 is 2.42 bits per heavy atom. The zero-order chi connectivity index (χ0) is 27.4. The lowest BCUT2D eigenvalue weighted by molar-refractivity contribution is -0.123. The number of nitrogens with two attached hydrogens (primary N) is 2. The Hall–Kier alpha value is -4.71. The van der Waals surface area contributed by atoms with Crippen molar-refractivity contribution in [2.45, 2.75) is 19.5 Å². The molecule has 3 amide bonds. The molecule has 4 aromatic rings. The van der Waals surface area contributed by atoms with Crippen LogP contribution in [-0.4, -0.2) is 29.2 Å². The molecule has 0 radical (unpaired) electrons. The van der Waals surface area contributed by atoms with E-state index in [0.29, 0.717) is 23.0 Å². The van der Waals surface area contributed by atoms with Gasteiger partial charge in [0.25, 0.3) is 17.7 Å². The number of amides is 3. The predicted octanol–water partition coefficient (Wildman–Crippen LogP) is 3.58. The normalized spacial score (nSPS) is 11.6. The molecule has 2 heterocycles. The Bertz CT molecular complexity index is 1480. The fourth-order valence-electron chi connectivity index (χ4n) is 3.75. The zero-order valence-corrected chi connectivity index (χ0v) is 21.3. The highest BCUT2D eigenvalue weighted by Gasteiger charge is 2.38. The molecule has 0 saturated carbocycles. The maximum Gasteiger partial charge on any atom is 0.273 e. The molecule has 0 spiro atoms. The van der Waals surface area contributed by atoms with Crippen molar-refractivity contribution in [3.05, 3.63) is 94.1 Å². The fourth-order valence-corrected chi connectivity index (χ4v) is 4.50. The number of anilines is 2. The molecule has 0 aliphatic carbocycles. The van der Waals surface area contributed by atoms with Crippen molar-refractivity contribution < 1.29 is 27.9 Å². The summed E-state index contributed by atoms with van der Waals surface area (Å²) >= 11 is 0.621.